The second kappa shape index (κ2) is 7.17. The van der Waals surface area contributed by atoms with Gasteiger partial charge >= 0.3 is 0 Å². The fourth-order valence-electron chi connectivity index (χ4n) is 4.15. The number of hydrogen-bond donors (Lipinski definition) is 1. The van der Waals surface area contributed by atoms with Gasteiger partial charge in [-0.2, -0.15) is 5.10 Å². The standard InChI is InChI=1S/C21H24N8O/c1-13-8-18-23-12-24-29(18)11-16(13)25-21-22-10-17-20(26-21)15(9-19(30)28(17)3)14-4-6-27(2)7-5-14/h8-12,14H,4-7H2,1-3H3,(H,22,25,26). The van der Waals surface area contributed by atoms with Crippen LogP contribution in [0.4, 0.5) is 11.6 Å². The third-order valence-electron chi connectivity index (χ3n) is 6.04. The summed E-state index contributed by atoms with van der Waals surface area (Å²) in [4.78, 5) is 28.4. The van der Waals surface area contributed by atoms with Crippen molar-refractivity contribution in [3.05, 3.63) is 52.3 Å². The number of likely N-dealkylation sites (tertiary alicyclic amines) is 1. The van der Waals surface area contributed by atoms with E-state index in [1.54, 1.807) is 28.4 Å². The van der Waals surface area contributed by atoms with E-state index in [9.17, 15) is 4.79 Å². The Labute approximate surface area is 173 Å². The summed E-state index contributed by atoms with van der Waals surface area (Å²) in [6, 6.07) is 3.71. The Morgan fingerprint density at radius 2 is 1.93 bits per heavy atom. The average Bonchev–Trinajstić information content (AvgIpc) is 3.19. The first-order valence-electron chi connectivity index (χ1n) is 10.1. The molecule has 1 saturated heterocycles. The quantitative estimate of drug-likeness (QED) is 0.560. The van der Waals surface area contributed by atoms with Gasteiger partial charge in [0.1, 0.15) is 6.33 Å². The van der Waals surface area contributed by atoms with E-state index < -0.39 is 0 Å². The predicted octanol–water partition coefficient (Wildman–Crippen LogP) is 2.23. The number of fused-ring (bicyclic) bond motifs is 2. The summed E-state index contributed by atoms with van der Waals surface area (Å²) in [7, 11) is 3.90. The van der Waals surface area contributed by atoms with Crippen molar-refractivity contribution in [2.75, 3.05) is 25.5 Å². The zero-order valence-electron chi connectivity index (χ0n) is 17.3. The monoisotopic (exact) mass is 404 g/mol. The molecule has 0 spiro atoms. The maximum absolute atomic E-state index is 12.5. The van der Waals surface area contributed by atoms with Gasteiger partial charge < -0.3 is 14.8 Å². The van der Waals surface area contributed by atoms with Crippen molar-refractivity contribution in [1.82, 2.24) is 34.0 Å². The molecule has 0 amide bonds. The number of rotatable bonds is 3. The number of aromatic nitrogens is 6. The summed E-state index contributed by atoms with van der Waals surface area (Å²) in [5, 5.41) is 7.51. The van der Waals surface area contributed by atoms with Crippen molar-refractivity contribution in [2.24, 2.45) is 7.05 Å². The minimum atomic E-state index is -0.0202. The number of hydrogen-bond acceptors (Lipinski definition) is 7. The molecule has 1 aliphatic heterocycles. The van der Waals surface area contributed by atoms with Crippen LogP contribution in [0.3, 0.4) is 0 Å². The predicted molar refractivity (Wildman–Crippen MR) is 115 cm³/mol. The van der Waals surface area contributed by atoms with Crippen molar-refractivity contribution in [3.8, 4) is 0 Å². The molecule has 1 N–H and O–H groups in total. The van der Waals surface area contributed by atoms with Gasteiger partial charge in [-0.1, -0.05) is 0 Å². The highest BCUT2D eigenvalue weighted by Gasteiger charge is 2.23. The number of pyridine rings is 2. The second-order valence-electron chi connectivity index (χ2n) is 8.06. The summed E-state index contributed by atoms with van der Waals surface area (Å²) in [6.45, 7) is 4.05. The lowest BCUT2D eigenvalue weighted by molar-refractivity contribution is 0.256. The van der Waals surface area contributed by atoms with E-state index in [4.69, 9.17) is 4.98 Å². The first-order chi connectivity index (χ1) is 14.5. The highest BCUT2D eigenvalue weighted by atomic mass is 16.1. The zero-order valence-corrected chi connectivity index (χ0v) is 17.3. The van der Waals surface area contributed by atoms with E-state index in [0.717, 1.165) is 59.4 Å². The van der Waals surface area contributed by atoms with Crippen LogP contribution in [-0.4, -0.2) is 54.2 Å². The fourth-order valence-corrected chi connectivity index (χ4v) is 4.15. The van der Waals surface area contributed by atoms with Gasteiger partial charge in [-0.05, 0) is 63.0 Å². The molecule has 4 aromatic rings. The summed E-state index contributed by atoms with van der Waals surface area (Å²) < 4.78 is 3.33. The normalized spacial score (nSPS) is 15.8. The lowest BCUT2D eigenvalue weighted by Crippen LogP contribution is -2.30. The van der Waals surface area contributed by atoms with E-state index in [1.165, 1.54) is 6.33 Å². The van der Waals surface area contributed by atoms with E-state index in [2.05, 4.69) is 32.3 Å². The van der Waals surface area contributed by atoms with Gasteiger partial charge in [0.25, 0.3) is 5.56 Å². The van der Waals surface area contributed by atoms with Crippen LogP contribution in [0.2, 0.25) is 0 Å². The van der Waals surface area contributed by atoms with E-state index in [1.807, 2.05) is 19.2 Å². The molecular formula is C21H24N8O. The maximum Gasteiger partial charge on any atom is 0.251 e. The van der Waals surface area contributed by atoms with Gasteiger partial charge in [-0.25, -0.2) is 19.5 Å². The molecule has 30 heavy (non-hydrogen) atoms. The Balaban J connectivity index is 1.58. The van der Waals surface area contributed by atoms with Crippen molar-refractivity contribution in [3.63, 3.8) is 0 Å². The molecule has 0 unspecified atom stereocenters. The zero-order chi connectivity index (χ0) is 20.8. The van der Waals surface area contributed by atoms with Crippen LogP contribution in [-0.2, 0) is 7.05 Å². The third-order valence-corrected chi connectivity index (χ3v) is 6.04. The Morgan fingerprint density at radius 3 is 2.73 bits per heavy atom. The minimum absolute atomic E-state index is 0.0202. The van der Waals surface area contributed by atoms with Crippen LogP contribution in [0.25, 0.3) is 16.7 Å². The van der Waals surface area contributed by atoms with Gasteiger partial charge in [-0.15, -0.1) is 0 Å². The molecule has 0 bridgehead atoms. The van der Waals surface area contributed by atoms with Crippen LogP contribution < -0.4 is 10.9 Å². The Morgan fingerprint density at radius 1 is 1.13 bits per heavy atom. The molecule has 0 radical (unpaired) electrons. The number of piperidine rings is 1. The molecule has 0 saturated carbocycles. The molecule has 5 rings (SSSR count). The molecule has 4 aromatic heterocycles. The molecule has 0 aromatic carbocycles. The summed E-state index contributed by atoms with van der Waals surface area (Å²) >= 11 is 0. The fraction of sp³-hybridized carbons (Fsp3) is 0.381. The Bertz CT molecular complexity index is 1300. The molecule has 9 nitrogen and oxygen atoms in total. The van der Waals surface area contributed by atoms with Crippen molar-refractivity contribution >= 4 is 28.3 Å². The lowest BCUT2D eigenvalue weighted by Gasteiger charge is -2.29. The molecule has 0 aliphatic carbocycles. The molecule has 0 atom stereocenters. The summed E-state index contributed by atoms with van der Waals surface area (Å²) in [5.74, 6) is 0.825. The lowest BCUT2D eigenvalue weighted by atomic mass is 9.89. The van der Waals surface area contributed by atoms with Crippen LogP contribution in [0.5, 0.6) is 0 Å². The van der Waals surface area contributed by atoms with Crippen LogP contribution in [0.1, 0.15) is 29.9 Å². The number of anilines is 2. The molecule has 5 heterocycles. The van der Waals surface area contributed by atoms with Gasteiger partial charge in [-0.3, -0.25) is 4.79 Å². The Kier molecular flexibility index (Phi) is 4.47. The van der Waals surface area contributed by atoms with Crippen molar-refractivity contribution in [2.45, 2.75) is 25.7 Å². The molecule has 1 aliphatic rings. The minimum Gasteiger partial charge on any atom is -0.323 e. The van der Waals surface area contributed by atoms with Crippen LogP contribution >= 0.6 is 0 Å². The van der Waals surface area contributed by atoms with E-state index >= 15 is 0 Å². The van der Waals surface area contributed by atoms with Crippen molar-refractivity contribution in [1.29, 1.82) is 0 Å². The Hall–Kier alpha value is -3.33. The van der Waals surface area contributed by atoms with Crippen LogP contribution in [0.15, 0.2) is 35.6 Å². The number of nitrogens with one attached hydrogen (secondary N) is 1. The summed E-state index contributed by atoms with van der Waals surface area (Å²) in [6.07, 6.45) is 7.18. The van der Waals surface area contributed by atoms with E-state index in [0.29, 0.717) is 11.9 Å². The van der Waals surface area contributed by atoms with E-state index in [-0.39, 0.29) is 5.56 Å². The summed E-state index contributed by atoms with van der Waals surface area (Å²) in [5.41, 5.74) is 5.27. The molecular weight excluding hydrogens is 380 g/mol. The van der Waals surface area contributed by atoms with Gasteiger partial charge in [0.15, 0.2) is 5.65 Å². The number of aryl methyl sites for hydroxylation is 2. The number of nitrogens with zero attached hydrogens (tertiary/aromatic N) is 7. The highest BCUT2D eigenvalue weighted by Crippen LogP contribution is 2.31. The first kappa shape index (κ1) is 18.7. The third kappa shape index (κ3) is 3.21. The van der Waals surface area contributed by atoms with Gasteiger partial charge in [0, 0.05) is 13.1 Å². The second-order valence-corrected chi connectivity index (χ2v) is 8.06. The van der Waals surface area contributed by atoms with Gasteiger partial charge in [0.2, 0.25) is 5.95 Å². The largest absolute Gasteiger partial charge is 0.323 e. The smallest absolute Gasteiger partial charge is 0.251 e. The molecule has 9 heteroatoms. The van der Waals surface area contributed by atoms with Gasteiger partial charge in [0.05, 0.1) is 29.1 Å². The first-order valence-corrected chi connectivity index (χ1v) is 10.1. The molecule has 1 fully saturated rings. The average molecular weight is 404 g/mol. The SMILES string of the molecule is Cc1cc2ncnn2cc1Nc1ncc2c(n1)c(C1CCN(C)CC1)cc(=O)n2C. The highest BCUT2D eigenvalue weighted by molar-refractivity contribution is 5.80. The van der Waals surface area contributed by atoms with Crippen molar-refractivity contribution < 1.29 is 0 Å². The maximum atomic E-state index is 12.5. The van der Waals surface area contributed by atoms with Crippen LogP contribution in [0, 0.1) is 6.92 Å². The topological polar surface area (TPSA) is 93.2 Å². The molecule has 154 valence electrons.